The van der Waals surface area contributed by atoms with Gasteiger partial charge in [-0.25, -0.2) is 9.97 Å². The summed E-state index contributed by atoms with van der Waals surface area (Å²) in [6.07, 6.45) is 0. The molecule has 0 spiro atoms. The van der Waals surface area contributed by atoms with E-state index >= 15 is 0 Å². The van der Waals surface area contributed by atoms with Gasteiger partial charge < -0.3 is 18.3 Å². The molecule has 134 heavy (non-hydrogen) atoms. The van der Waals surface area contributed by atoms with E-state index in [1.165, 1.54) is 43.4 Å². The number of benzene rings is 20. The summed E-state index contributed by atoms with van der Waals surface area (Å²) in [5, 5.41) is 18.0. The summed E-state index contributed by atoms with van der Waals surface area (Å²) in [5.41, 5.74) is 27.3. The molecule has 0 bridgehead atoms. The number of nitrogens with zero attached hydrogens (tertiary/aromatic N) is 12. The zero-order chi connectivity index (χ0) is 87.7. The maximum atomic E-state index is 5.65. The Balaban J connectivity index is 0.597. The first-order valence-corrected chi connectivity index (χ1v) is 45.5. The quantitative estimate of drug-likeness (QED) is 0.114. The van der Waals surface area contributed by atoms with Gasteiger partial charge in [0.25, 0.3) is 0 Å². The van der Waals surface area contributed by atoms with E-state index in [2.05, 4.69) is 458 Å². The van der Waals surface area contributed by atoms with Crippen molar-refractivity contribution in [3.8, 4) is 114 Å². The molecule has 0 radical (unpaired) electrons. The summed E-state index contributed by atoms with van der Waals surface area (Å²) in [6, 6.07) is 162. The van der Waals surface area contributed by atoms with Crippen molar-refractivity contribution in [1.29, 1.82) is 0 Å². The van der Waals surface area contributed by atoms with Crippen LogP contribution in [0.2, 0.25) is 0 Å². The van der Waals surface area contributed by atoms with Gasteiger partial charge in [0.05, 0.1) is 66.2 Å². The number of aromatic nitrogens is 12. The van der Waals surface area contributed by atoms with Gasteiger partial charge >= 0.3 is 0 Å². The first-order chi connectivity index (χ1) is 66.4. The monoisotopic (exact) mass is 1710 g/mol. The number of hydrogen-bond acceptors (Lipinski definition) is 6. The van der Waals surface area contributed by atoms with Crippen molar-refractivity contribution >= 4 is 152 Å². The average Bonchev–Trinajstić information content (AvgIpc) is 1.56. The lowest BCUT2D eigenvalue weighted by atomic mass is 9.98. The average molecular weight is 1710 g/mol. The van der Waals surface area contributed by atoms with Crippen LogP contribution in [0.1, 0.15) is 0 Å². The minimum absolute atomic E-state index is 0.508. The zero-order valence-electron chi connectivity index (χ0n) is 72.1. The maximum Gasteiger partial charge on any atom is 0.238 e. The molecular formula is C122H74N12. The van der Waals surface area contributed by atoms with Gasteiger partial charge in [0.2, 0.25) is 11.9 Å². The molecule has 8 heterocycles. The van der Waals surface area contributed by atoms with Crippen LogP contribution in [0, 0.1) is 0 Å². The van der Waals surface area contributed by atoms with Crippen LogP contribution in [-0.4, -0.2) is 57.3 Å². The van der Waals surface area contributed by atoms with Gasteiger partial charge in [0.15, 0.2) is 23.3 Å². The van der Waals surface area contributed by atoms with Gasteiger partial charge in [-0.2, -0.15) is 19.9 Å². The van der Waals surface area contributed by atoms with Crippen LogP contribution in [0.5, 0.6) is 0 Å². The SMILES string of the molecule is c1ccc(-c2nc(-c3cccc(-c4ccc5c(c4)c4ccccc4n5-c4ccc5c(c4)c4cc(-n6c7ccccc7c7ccccc76)ccc4n5-c4nc(-c5cccc6ccccc56)nc(-c5cccc6ccccc56)n4)c3)nc(-n3c4ccc(-c5ccc6c(c5)c5ccccc5n6-c5ccccc5)cc4c4cc(-c5ccc6c(c5)c5ccccc5n6-c5ccccc5)ccc43)n2)cc1. The molecule has 0 aliphatic heterocycles. The molecule has 12 nitrogen and oxygen atoms in total. The fourth-order valence-electron chi connectivity index (χ4n) is 21.4. The second-order valence-electron chi connectivity index (χ2n) is 34.9. The number of rotatable bonds is 13. The van der Waals surface area contributed by atoms with Gasteiger partial charge in [-0.3, -0.25) is 9.13 Å². The highest BCUT2D eigenvalue weighted by Gasteiger charge is 2.27. The van der Waals surface area contributed by atoms with Crippen LogP contribution in [0.25, 0.3) is 266 Å². The smallest absolute Gasteiger partial charge is 0.238 e. The van der Waals surface area contributed by atoms with Gasteiger partial charge in [-0.1, -0.05) is 291 Å². The third kappa shape index (κ3) is 11.7. The molecular weight excluding hydrogens is 1630 g/mol. The topological polar surface area (TPSA) is 107 Å². The van der Waals surface area contributed by atoms with E-state index in [4.69, 9.17) is 29.9 Å². The molecule has 28 rings (SSSR count). The van der Waals surface area contributed by atoms with E-state index in [0.717, 1.165) is 187 Å². The van der Waals surface area contributed by atoms with Crippen LogP contribution < -0.4 is 0 Å². The Kier molecular flexibility index (Phi) is 16.5. The van der Waals surface area contributed by atoms with Gasteiger partial charge in [0, 0.05) is 110 Å². The summed E-state index contributed by atoms with van der Waals surface area (Å²) in [4.78, 5) is 33.3. The van der Waals surface area contributed by atoms with E-state index < -0.39 is 0 Å². The Bertz CT molecular complexity index is 9420. The van der Waals surface area contributed by atoms with Crippen molar-refractivity contribution in [2.24, 2.45) is 0 Å². The standard InChI is InChI=1S/C122H74N12/c1-4-29-77(30-5-1)117-123-118(126-121(125-117)133-113-63-56-82(80-54-60-110-98(69-80)93-43-16-21-50-107(93)129(110)85-35-6-2-7-36-85)71-101(113)102-72-83(57-64-114(102)133)81-55-61-111-99(70-81)94-44-17-22-51-108(94)130(111)86-37-8-3-9-38-86)84-34-24-33-78(67-84)79-53-62-112-100(68-79)95-45-18-23-52-109(95)132(112)88-59-66-116-104(74-88)103-73-87(131-105-48-19-14-41-91(105)92-42-15-20-49-106(92)131)58-65-115(103)134(116)122-127-119(96-46-25-31-75-27-10-12-39-89(75)96)124-120(128-122)97-47-26-32-76-28-11-13-40-90(76)97/h1-74H. The first kappa shape index (κ1) is 74.8. The number of para-hydroxylation sites is 7. The van der Waals surface area contributed by atoms with Gasteiger partial charge in [0.1, 0.15) is 0 Å². The van der Waals surface area contributed by atoms with Crippen LogP contribution in [0.4, 0.5) is 0 Å². The molecule has 0 amide bonds. The Morgan fingerprint density at radius 2 is 0.373 bits per heavy atom. The Labute approximate surface area is 767 Å². The highest BCUT2D eigenvalue weighted by Crippen LogP contribution is 2.47. The normalized spacial score (nSPS) is 12.0. The largest absolute Gasteiger partial charge is 0.309 e. The molecule has 0 fully saturated rings. The molecule has 622 valence electrons. The fourth-order valence-corrected chi connectivity index (χ4v) is 21.4. The van der Waals surface area contributed by atoms with Crippen LogP contribution in [0.15, 0.2) is 449 Å². The minimum Gasteiger partial charge on any atom is -0.309 e. The molecule has 8 aromatic heterocycles. The second-order valence-corrected chi connectivity index (χ2v) is 34.9. The van der Waals surface area contributed by atoms with E-state index in [1.54, 1.807) is 0 Å². The lowest BCUT2D eigenvalue weighted by molar-refractivity contribution is 0.953. The van der Waals surface area contributed by atoms with E-state index in [9.17, 15) is 0 Å². The molecule has 0 saturated carbocycles. The molecule has 0 unspecified atom stereocenters. The van der Waals surface area contributed by atoms with Crippen LogP contribution >= 0.6 is 0 Å². The summed E-state index contributed by atoms with van der Waals surface area (Å²) in [7, 11) is 0. The van der Waals surface area contributed by atoms with Crippen molar-refractivity contribution in [2.75, 3.05) is 0 Å². The molecule has 0 saturated heterocycles. The molecule has 28 aromatic rings. The lowest BCUT2D eigenvalue weighted by Crippen LogP contribution is -2.07. The Morgan fingerprint density at radius 3 is 0.769 bits per heavy atom. The van der Waals surface area contributed by atoms with E-state index in [0.29, 0.717) is 35.2 Å². The number of hydrogen-bond donors (Lipinski definition) is 0. The first-order valence-electron chi connectivity index (χ1n) is 45.5. The van der Waals surface area contributed by atoms with Crippen molar-refractivity contribution in [3.63, 3.8) is 0 Å². The summed E-state index contributed by atoms with van der Waals surface area (Å²) < 4.78 is 14.1. The van der Waals surface area contributed by atoms with Crippen molar-refractivity contribution in [1.82, 2.24) is 57.3 Å². The lowest BCUT2D eigenvalue weighted by Gasteiger charge is -2.13. The molecule has 0 N–H and O–H groups in total. The van der Waals surface area contributed by atoms with Gasteiger partial charge in [-0.05, 0) is 213 Å². The van der Waals surface area contributed by atoms with Crippen molar-refractivity contribution < 1.29 is 0 Å². The third-order valence-electron chi connectivity index (χ3n) is 27.5. The van der Waals surface area contributed by atoms with Crippen molar-refractivity contribution in [3.05, 3.63) is 449 Å². The summed E-state index contributed by atoms with van der Waals surface area (Å²) >= 11 is 0. The van der Waals surface area contributed by atoms with Crippen LogP contribution in [-0.2, 0) is 0 Å². The number of fused-ring (bicyclic) bond motifs is 20. The molecule has 12 heteroatoms. The highest BCUT2D eigenvalue weighted by molar-refractivity contribution is 6.18. The minimum atomic E-state index is 0.508. The van der Waals surface area contributed by atoms with Crippen molar-refractivity contribution in [2.45, 2.75) is 0 Å². The van der Waals surface area contributed by atoms with Crippen LogP contribution in [0.3, 0.4) is 0 Å². The Hall–Kier alpha value is -18.3. The molecule has 0 aliphatic rings. The van der Waals surface area contributed by atoms with E-state index in [-0.39, 0.29) is 0 Å². The van der Waals surface area contributed by atoms with E-state index in [1.807, 2.05) is 18.2 Å². The predicted octanol–water partition coefficient (Wildman–Crippen LogP) is 30.6. The molecule has 0 atom stereocenters. The summed E-state index contributed by atoms with van der Waals surface area (Å²) in [5.74, 6) is 3.31. The Morgan fingerprint density at radius 1 is 0.127 bits per heavy atom. The summed E-state index contributed by atoms with van der Waals surface area (Å²) in [6.45, 7) is 0. The zero-order valence-corrected chi connectivity index (χ0v) is 72.1. The maximum absolute atomic E-state index is 5.65. The predicted molar refractivity (Wildman–Crippen MR) is 552 cm³/mol. The molecule has 0 aliphatic carbocycles. The van der Waals surface area contributed by atoms with Gasteiger partial charge in [-0.15, -0.1) is 0 Å². The fraction of sp³-hybridized carbons (Fsp3) is 0. The third-order valence-corrected chi connectivity index (χ3v) is 27.5. The molecule has 20 aromatic carbocycles. The second kappa shape index (κ2) is 29.7. The highest BCUT2D eigenvalue weighted by atomic mass is 15.2.